The predicted octanol–water partition coefficient (Wildman–Crippen LogP) is 3.02. The van der Waals surface area contributed by atoms with Crippen molar-refractivity contribution in [1.82, 2.24) is 9.80 Å². The van der Waals surface area contributed by atoms with Crippen LogP contribution in [0.15, 0.2) is 0 Å². The maximum absolute atomic E-state index is 10.3. The second-order valence-corrected chi connectivity index (χ2v) is 3.07. The Balaban J connectivity index is -0.0000000851. The SMILES string of the molecule is CC.CC.CCN(C)C(C)=O.CCN(C)C(C)=O. The van der Waals surface area contributed by atoms with Gasteiger partial charge in [0.25, 0.3) is 0 Å². The zero-order valence-electron chi connectivity index (χ0n) is 14.1. The highest BCUT2D eigenvalue weighted by atomic mass is 16.2. The second kappa shape index (κ2) is 21.2. The van der Waals surface area contributed by atoms with E-state index in [0.717, 1.165) is 13.1 Å². The molecule has 0 aromatic carbocycles. The minimum atomic E-state index is 0.127. The van der Waals surface area contributed by atoms with Gasteiger partial charge in [-0.15, -0.1) is 0 Å². The summed E-state index contributed by atoms with van der Waals surface area (Å²) in [6, 6.07) is 0. The fourth-order valence-electron chi connectivity index (χ4n) is 0.445. The number of nitrogens with zero attached hydrogens (tertiary/aromatic N) is 2. The number of hydrogen-bond donors (Lipinski definition) is 0. The summed E-state index contributed by atoms with van der Waals surface area (Å²) >= 11 is 0. The summed E-state index contributed by atoms with van der Waals surface area (Å²) < 4.78 is 0. The largest absolute Gasteiger partial charge is 0.346 e. The van der Waals surface area contributed by atoms with Gasteiger partial charge in [0, 0.05) is 41.0 Å². The minimum absolute atomic E-state index is 0.127. The van der Waals surface area contributed by atoms with Gasteiger partial charge in [-0.1, -0.05) is 27.7 Å². The summed E-state index contributed by atoms with van der Waals surface area (Å²) in [5.74, 6) is 0.255. The molecule has 0 rings (SSSR count). The molecule has 0 heterocycles. The third kappa shape index (κ3) is 24.3. The molecule has 2 amide bonds. The summed E-state index contributed by atoms with van der Waals surface area (Å²) in [6.45, 7) is 16.6. The summed E-state index contributed by atoms with van der Waals surface area (Å²) in [4.78, 5) is 23.9. The molecule has 0 atom stereocenters. The molecule has 0 aromatic rings. The molecule has 0 saturated heterocycles. The molecular weight excluding hydrogens is 228 g/mol. The van der Waals surface area contributed by atoms with Crippen LogP contribution in [0.1, 0.15) is 55.4 Å². The van der Waals surface area contributed by atoms with Crippen molar-refractivity contribution in [2.75, 3.05) is 27.2 Å². The average Bonchev–Trinajstić information content (AvgIpc) is 2.41. The highest BCUT2D eigenvalue weighted by Gasteiger charge is 1.94. The quantitative estimate of drug-likeness (QED) is 0.767. The Kier molecular flexibility index (Phi) is 30.3. The molecule has 0 spiro atoms. The number of rotatable bonds is 2. The highest BCUT2D eigenvalue weighted by Crippen LogP contribution is 1.78. The van der Waals surface area contributed by atoms with E-state index in [2.05, 4.69) is 0 Å². The second-order valence-electron chi connectivity index (χ2n) is 3.07. The fourth-order valence-corrected chi connectivity index (χ4v) is 0.445. The summed E-state index contributed by atoms with van der Waals surface area (Å²) in [7, 11) is 3.56. The van der Waals surface area contributed by atoms with Crippen LogP contribution in [0, 0.1) is 0 Å². The first kappa shape index (κ1) is 25.7. The lowest BCUT2D eigenvalue weighted by atomic mass is 10.6. The number of amides is 2. The minimum Gasteiger partial charge on any atom is -0.346 e. The van der Waals surface area contributed by atoms with Crippen molar-refractivity contribution in [3.05, 3.63) is 0 Å². The molecule has 0 bridgehead atoms. The van der Waals surface area contributed by atoms with Crippen molar-refractivity contribution in [2.45, 2.75) is 55.4 Å². The monoisotopic (exact) mass is 262 g/mol. The van der Waals surface area contributed by atoms with Crippen LogP contribution in [-0.4, -0.2) is 48.8 Å². The first-order chi connectivity index (χ1) is 8.36. The summed E-state index contributed by atoms with van der Waals surface area (Å²) in [6.07, 6.45) is 0. The summed E-state index contributed by atoms with van der Waals surface area (Å²) in [5.41, 5.74) is 0. The van der Waals surface area contributed by atoms with Crippen LogP contribution in [0.25, 0.3) is 0 Å². The van der Waals surface area contributed by atoms with Gasteiger partial charge < -0.3 is 9.80 Å². The van der Waals surface area contributed by atoms with E-state index in [-0.39, 0.29) is 11.8 Å². The van der Waals surface area contributed by atoms with Gasteiger partial charge in [0.05, 0.1) is 0 Å². The zero-order chi connectivity index (χ0) is 15.7. The Labute approximate surface area is 114 Å². The van der Waals surface area contributed by atoms with Gasteiger partial charge >= 0.3 is 0 Å². The van der Waals surface area contributed by atoms with Crippen LogP contribution in [0.2, 0.25) is 0 Å². The fraction of sp³-hybridized carbons (Fsp3) is 0.857. The van der Waals surface area contributed by atoms with Crippen LogP contribution < -0.4 is 0 Å². The van der Waals surface area contributed by atoms with Gasteiger partial charge in [-0.25, -0.2) is 0 Å². The maximum Gasteiger partial charge on any atom is 0.219 e. The van der Waals surface area contributed by atoms with Crippen molar-refractivity contribution < 1.29 is 9.59 Å². The molecule has 0 aliphatic heterocycles. The van der Waals surface area contributed by atoms with Crippen LogP contribution in [0.4, 0.5) is 0 Å². The molecule has 0 radical (unpaired) electrons. The highest BCUT2D eigenvalue weighted by molar-refractivity contribution is 5.73. The molecular formula is C14H34N2O2. The zero-order valence-corrected chi connectivity index (χ0v) is 14.1. The Morgan fingerprint density at radius 3 is 0.889 bits per heavy atom. The van der Waals surface area contributed by atoms with Crippen LogP contribution in [0.3, 0.4) is 0 Å². The van der Waals surface area contributed by atoms with E-state index in [0.29, 0.717) is 0 Å². The van der Waals surface area contributed by atoms with E-state index in [1.807, 2.05) is 41.5 Å². The van der Waals surface area contributed by atoms with Gasteiger partial charge in [-0.2, -0.15) is 0 Å². The van der Waals surface area contributed by atoms with Gasteiger partial charge in [-0.3, -0.25) is 9.59 Å². The van der Waals surface area contributed by atoms with E-state index in [1.165, 1.54) is 0 Å². The van der Waals surface area contributed by atoms with E-state index in [1.54, 1.807) is 37.7 Å². The van der Waals surface area contributed by atoms with E-state index in [9.17, 15) is 9.59 Å². The normalized spacial score (nSPS) is 7.22. The molecule has 0 saturated carbocycles. The number of carbonyl (C=O) groups is 2. The van der Waals surface area contributed by atoms with Crippen LogP contribution >= 0.6 is 0 Å². The molecule has 4 heteroatoms. The van der Waals surface area contributed by atoms with Crippen molar-refractivity contribution in [1.29, 1.82) is 0 Å². The van der Waals surface area contributed by atoms with Gasteiger partial charge in [0.2, 0.25) is 11.8 Å². The first-order valence-electron chi connectivity index (χ1n) is 6.80. The van der Waals surface area contributed by atoms with Crippen LogP contribution in [-0.2, 0) is 9.59 Å². The average molecular weight is 262 g/mol. The maximum atomic E-state index is 10.3. The van der Waals surface area contributed by atoms with E-state index in [4.69, 9.17) is 0 Å². The summed E-state index contributed by atoms with van der Waals surface area (Å²) in [5, 5.41) is 0. The van der Waals surface area contributed by atoms with Crippen molar-refractivity contribution in [2.24, 2.45) is 0 Å². The van der Waals surface area contributed by atoms with Crippen molar-refractivity contribution in [3.8, 4) is 0 Å². The third-order valence-corrected chi connectivity index (χ3v) is 2.02. The van der Waals surface area contributed by atoms with Gasteiger partial charge in [0.15, 0.2) is 0 Å². The molecule has 0 N–H and O–H groups in total. The molecule has 112 valence electrons. The topological polar surface area (TPSA) is 40.6 Å². The third-order valence-electron chi connectivity index (χ3n) is 2.02. The van der Waals surface area contributed by atoms with E-state index < -0.39 is 0 Å². The van der Waals surface area contributed by atoms with Gasteiger partial charge in [0.1, 0.15) is 0 Å². The lowest BCUT2D eigenvalue weighted by Crippen LogP contribution is -2.22. The molecule has 18 heavy (non-hydrogen) atoms. The molecule has 4 nitrogen and oxygen atoms in total. The standard InChI is InChI=1S/2C5H11NO.2C2H6/c2*1-4-6(3)5(2)7;2*1-2/h2*4H2,1-3H3;2*1-2H3. The molecule has 0 aromatic heterocycles. The predicted molar refractivity (Wildman–Crippen MR) is 80.7 cm³/mol. The Hall–Kier alpha value is -1.06. The lowest BCUT2D eigenvalue weighted by molar-refractivity contribution is -0.128. The number of hydrogen-bond acceptors (Lipinski definition) is 2. The Morgan fingerprint density at radius 2 is 0.889 bits per heavy atom. The van der Waals surface area contributed by atoms with Gasteiger partial charge in [-0.05, 0) is 13.8 Å². The van der Waals surface area contributed by atoms with E-state index >= 15 is 0 Å². The number of carbonyl (C=O) groups excluding carboxylic acids is 2. The van der Waals surface area contributed by atoms with Crippen molar-refractivity contribution >= 4 is 11.8 Å². The lowest BCUT2D eigenvalue weighted by Gasteiger charge is -2.09. The smallest absolute Gasteiger partial charge is 0.219 e. The first-order valence-corrected chi connectivity index (χ1v) is 6.80. The Bertz CT molecular complexity index is 163. The molecule has 0 aliphatic carbocycles. The Morgan fingerprint density at radius 1 is 0.722 bits per heavy atom. The van der Waals surface area contributed by atoms with Crippen LogP contribution in [0.5, 0.6) is 0 Å². The molecule has 0 fully saturated rings. The molecule has 0 aliphatic rings. The molecule has 0 unspecified atom stereocenters. The van der Waals surface area contributed by atoms with Crippen molar-refractivity contribution in [3.63, 3.8) is 0 Å².